The molecule has 7 heteroatoms. The summed E-state index contributed by atoms with van der Waals surface area (Å²) in [5.41, 5.74) is 1.86. The van der Waals surface area contributed by atoms with Crippen LogP contribution in [0.2, 0.25) is 0 Å². The van der Waals surface area contributed by atoms with Gasteiger partial charge in [0, 0.05) is 37.7 Å². The Hall–Kier alpha value is -1.60. The van der Waals surface area contributed by atoms with Crippen LogP contribution in [-0.4, -0.2) is 57.4 Å². The Morgan fingerprint density at radius 3 is 2.52 bits per heavy atom. The number of hydrogen-bond acceptors (Lipinski definition) is 4. The van der Waals surface area contributed by atoms with Crippen molar-refractivity contribution in [2.75, 3.05) is 25.9 Å². The van der Waals surface area contributed by atoms with Gasteiger partial charge in [-0.1, -0.05) is 24.3 Å². The second kappa shape index (κ2) is 7.43. The fourth-order valence-corrected chi connectivity index (χ4v) is 5.63. The fraction of sp³-hybridized carbons (Fsp3) is 0.650. The van der Waals surface area contributed by atoms with Crippen LogP contribution in [0.3, 0.4) is 0 Å². The molecule has 2 bridgehead atoms. The molecule has 1 N–H and O–H groups in total. The summed E-state index contributed by atoms with van der Waals surface area (Å²) in [5, 5.41) is 3.43. The normalized spacial score (nSPS) is 30.0. The number of likely N-dealkylation sites (tertiary alicyclic amines) is 1. The number of nitrogens with one attached hydrogen (secondary N) is 1. The predicted molar refractivity (Wildman–Crippen MR) is 106 cm³/mol. The summed E-state index contributed by atoms with van der Waals surface area (Å²) < 4.78 is 29.1. The van der Waals surface area contributed by atoms with Crippen molar-refractivity contribution in [3.63, 3.8) is 0 Å². The Balaban J connectivity index is 1.45. The maximum atomic E-state index is 11.5. The summed E-state index contributed by atoms with van der Waals surface area (Å²) in [6.07, 6.45) is 4.57. The Bertz CT molecular complexity index is 806. The van der Waals surface area contributed by atoms with Crippen LogP contribution < -0.4 is 5.32 Å². The molecule has 0 spiro atoms. The molecule has 148 valence electrons. The highest BCUT2D eigenvalue weighted by atomic mass is 32.2. The lowest BCUT2D eigenvalue weighted by atomic mass is 9.82. The third-order valence-electron chi connectivity index (χ3n) is 5.92. The van der Waals surface area contributed by atoms with E-state index in [0.29, 0.717) is 30.6 Å². The van der Waals surface area contributed by atoms with E-state index in [2.05, 4.69) is 17.1 Å². The first-order valence-corrected chi connectivity index (χ1v) is 11.9. The van der Waals surface area contributed by atoms with E-state index < -0.39 is 9.84 Å². The van der Waals surface area contributed by atoms with Gasteiger partial charge < -0.3 is 15.0 Å². The summed E-state index contributed by atoms with van der Waals surface area (Å²) in [6, 6.07) is 7.72. The van der Waals surface area contributed by atoms with Crippen LogP contribution in [0.25, 0.3) is 0 Å². The van der Waals surface area contributed by atoms with E-state index in [1.165, 1.54) is 19.1 Å². The molecule has 3 aliphatic heterocycles. The molecule has 4 unspecified atom stereocenters. The monoisotopic (exact) mass is 391 g/mol. The number of sulfone groups is 1. The van der Waals surface area contributed by atoms with Crippen LogP contribution in [0.1, 0.15) is 30.9 Å². The van der Waals surface area contributed by atoms with Gasteiger partial charge in [-0.25, -0.2) is 13.4 Å². The van der Waals surface area contributed by atoms with Gasteiger partial charge in [0.25, 0.3) is 0 Å². The molecule has 0 amide bonds. The number of nitrogens with zero attached hydrogens (tertiary/aromatic N) is 2. The maximum Gasteiger partial charge on any atom is 0.194 e. The van der Waals surface area contributed by atoms with Gasteiger partial charge in [0.05, 0.1) is 24.5 Å². The number of guanidine groups is 1. The molecule has 0 radical (unpaired) electrons. The van der Waals surface area contributed by atoms with Gasteiger partial charge in [-0.3, -0.25) is 0 Å². The van der Waals surface area contributed by atoms with E-state index in [0.717, 1.165) is 36.7 Å². The standard InChI is InChI=1S/C20H29N3O3S/c1-3-21-20(23-11-16-17(12-23)19-8-7-18(16)26-19)22-10-14-5-4-6-15(9-14)13-27(2,24)25/h4-6,9,16-19H,3,7-8,10-13H2,1-2H3,(H,21,22). The van der Waals surface area contributed by atoms with Crippen molar-refractivity contribution in [3.8, 4) is 0 Å². The van der Waals surface area contributed by atoms with Crippen LogP contribution in [0.4, 0.5) is 0 Å². The van der Waals surface area contributed by atoms with Gasteiger partial charge in [0.1, 0.15) is 0 Å². The predicted octanol–water partition coefficient (Wildman–Crippen LogP) is 1.81. The largest absolute Gasteiger partial charge is 0.374 e. The van der Waals surface area contributed by atoms with Gasteiger partial charge in [-0.2, -0.15) is 0 Å². The van der Waals surface area contributed by atoms with Crippen LogP contribution in [0.15, 0.2) is 29.3 Å². The van der Waals surface area contributed by atoms with E-state index >= 15 is 0 Å². The molecule has 3 saturated heterocycles. The van der Waals surface area contributed by atoms with Crippen molar-refractivity contribution < 1.29 is 13.2 Å². The molecule has 0 aliphatic carbocycles. The van der Waals surface area contributed by atoms with Crippen molar-refractivity contribution in [1.29, 1.82) is 0 Å². The number of aliphatic imine (C=N–C) groups is 1. The lowest BCUT2D eigenvalue weighted by Gasteiger charge is -2.23. The number of ether oxygens (including phenoxy) is 1. The zero-order valence-electron chi connectivity index (χ0n) is 16.1. The van der Waals surface area contributed by atoms with Crippen LogP contribution >= 0.6 is 0 Å². The minimum Gasteiger partial charge on any atom is -0.374 e. The van der Waals surface area contributed by atoms with Crippen LogP contribution in [0, 0.1) is 11.8 Å². The van der Waals surface area contributed by atoms with E-state index in [1.54, 1.807) is 0 Å². The van der Waals surface area contributed by atoms with Crippen LogP contribution in [0.5, 0.6) is 0 Å². The molecule has 4 atom stereocenters. The molecule has 1 aromatic carbocycles. The molecule has 4 rings (SSSR count). The van der Waals surface area contributed by atoms with E-state index in [9.17, 15) is 8.42 Å². The number of rotatable bonds is 5. The Morgan fingerprint density at radius 2 is 1.89 bits per heavy atom. The molecule has 3 aliphatic rings. The van der Waals surface area contributed by atoms with Gasteiger partial charge in [-0.15, -0.1) is 0 Å². The van der Waals surface area contributed by atoms with Crippen molar-refractivity contribution in [3.05, 3.63) is 35.4 Å². The zero-order valence-corrected chi connectivity index (χ0v) is 16.9. The maximum absolute atomic E-state index is 11.5. The third kappa shape index (κ3) is 4.14. The lowest BCUT2D eigenvalue weighted by molar-refractivity contribution is 0.0767. The highest BCUT2D eigenvalue weighted by Crippen LogP contribution is 2.47. The van der Waals surface area contributed by atoms with E-state index in [4.69, 9.17) is 9.73 Å². The van der Waals surface area contributed by atoms with Gasteiger partial charge in [-0.05, 0) is 30.9 Å². The molecular formula is C20H29N3O3S. The highest BCUT2D eigenvalue weighted by molar-refractivity contribution is 7.89. The van der Waals surface area contributed by atoms with Gasteiger partial charge in [0.2, 0.25) is 0 Å². The zero-order chi connectivity index (χ0) is 19.0. The van der Waals surface area contributed by atoms with Crippen molar-refractivity contribution in [2.45, 2.75) is 44.3 Å². The molecule has 3 heterocycles. The molecular weight excluding hydrogens is 362 g/mol. The molecule has 0 saturated carbocycles. The second-order valence-electron chi connectivity index (χ2n) is 8.08. The molecule has 6 nitrogen and oxygen atoms in total. The van der Waals surface area contributed by atoms with Crippen molar-refractivity contribution in [1.82, 2.24) is 10.2 Å². The summed E-state index contributed by atoms with van der Waals surface area (Å²) in [7, 11) is -3.03. The molecule has 0 aromatic heterocycles. The smallest absolute Gasteiger partial charge is 0.194 e. The summed E-state index contributed by atoms with van der Waals surface area (Å²) in [6.45, 7) is 5.51. The van der Waals surface area contributed by atoms with E-state index in [-0.39, 0.29) is 5.75 Å². The number of fused-ring (bicyclic) bond motifs is 5. The molecule has 27 heavy (non-hydrogen) atoms. The average Bonchev–Trinajstić information content (AvgIpc) is 3.30. The topological polar surface area (TPSA) is 71.0 Å². The van der Waals surface area contributed by atoms with Gasteiger partial charge in [0.15, 0.2) is 15.8 Å². The first kappa shape index (κ1) is 18.7. The SMILES string of the molecule is CCNC(=NCc1cccc(CS(C)(=O)=O)c1)N1CC2C3CCC(O3)C2C1. The van der Waals surface area contributed by atoms with Crippen molar-refractivity contribution >= 4 is 15.8 Å². The second-order valence-corrected chi connectivity index (χ2v) is 10.2. The quantitative estimate of drug-likeness (QED) is 0.612. The Morgan fingerprint density at radius 1 is 1.22 bits per heavy atom. The van der Waals surface area contributed by atoms with E-state index in [1.807, 2.05) is 24.3 Å². The Kier molecular flexibility index (Phi) is 5.16. The van der Waals surface area contributed by atoms with Crippen LogP contribution in [-0.2, 0) is 26.9 Å². The summed E-state index contributed by atoms with van der Waals surface area (Å²) in [5.74, 6) is 2.32. The molecule has 3 fully saturated rings. The first-order valence-electron chi connectivity index (χ1n) is 9.87. The van der Waals surface area contributed by atoms with Gasteiger partial charge >= 0.3 is 0 Å². The number of hydrogen-bond donors (Lipinski definition) is 1. The average molecular weight is 392 g/mol. The third-order valence-corrected chi connectivity index (χ3v) is 6.78. The van der Waals surface area contributed by atoms with Crippen molar-refractivity contribution in [2.24, 2.45) is 16.8 Å². The highest BCUT2D eigenvalue weighted by Gasteiger charge is 2.53. The summed E-state index contributed by atoms with van der Waals surface area (Å²) >= 11 is 0. The fourth-order valence-electron chi connectivity index (χ4n) is 4.85. The minimum absolute atomic E-state index is 0.0723. The molecule has 1 aromatic rings. The summed E-state index contributed by atoms with van der Waals surface area (Å²) in [4.78, 5) is 7.22. The lowest BCUT2D eigenvalue weighted by Crippen LogP contribution is -2.41. The first-order chi connectivity index (χ1) is 12.9. The number of benzene rings is 1. The minimum atomic E-state index is -3.03. The Labute approximate surface area is 161 Å².